The van der Waals surface area contributed by atoms with Crippen molar-refractivity contribution < 1.29 is 14.7 Å². The Morgan fingerprint density at radius 1 is 1.50 bits per heavy atom. The largest absolute Gasteiger partial charge is 0.481 e. The van der Waals surface area contributed by atoms with Crippen molar-refractivity contribution in [3.63, 3.8) is 0 Å². The molecule has 1 aliphatic rings. The van der Waals surface area contributed by atoms with Crippen LogP contribution in [0.1, 0.15) is 26.2 Å². The van der Waals surface area contributed by atoms with Gasteiger partial charge >= 0.3 is 5.97 Å². The molecule has 3 atom stereocenters. The molecule has 0 aromatic carbocycles. The van der Waals surface area contributed by atoms with E-state index in [1.54, 1.807) is 6.92 Å². The van der Waals surface area contributed by atoms with E-state index in [0.29, 0.717) is 12.8 Å². The first-order valence-electron chi connectivity index (χ1n) is 4.79. The zero-order valence-corrected chi connectivity index (χ0v) is 8.19. The highest BCUT2D eigenvalue weighted by Gasteiger charge is 2.30. The number of rotatable bonds is 3. The van der Waals surface area contributed by atoms with Gasteiger partial charge in [-0.15, -0.1) is 0 Å². The van der Waals surface area contributed by atoms with Crippen molar-refractivity contribution in [3.8, 4) is 0 Å². The van der Waals surface area contributed by atoms with Crippen LogP contribution in [0, 0.1) is 5.92 Å². The van der Waals surface area contributed by atoms with Crippen LogP contribution in [0.5, 0.6) is 0 Å². The highest BCUT2D eigenvalue weighted by atomic mass is 16.4. The van der Waals surface area contributed by atoms with E-state index in [1.165, 1.54) is 0 Å². The van der Waals surface area contributed by atoms with Crippen molar-refractivity contribution in [3.05, 3.63) is 0 Å². The Morgan fingerprint density at radius 3 is 2.57 bits per heavy atom. The van der Waals surface area contributed by atoms with Gasteiger partial charge in [-0.25, -0.2) is 0 Å². The normalized spacial score (nSPS) is 28.4. The van der Waals surface area contributed by atoms with Crippen LogP contribution in [-0.2, 0) is 9.59 Å². The highest BCUT2D eigenvalue weighted by molar-refractivity contribution is 5.81. The summed E-state index contributed by atoms with van der Waals surface area (Å²) >= 11 is 0. The number of carbonyl (C=O) groups is 2. The van der Waals surface area contributed by atoms with E-state index >= 15 is 0 Å². The Bertz CT molecular complexity index is 240. The lowest BCUT2D eigenvalue weighted by atomic mass is 10.1. The molecule has 5 nitrogen and oxygen atoms in total. The minimum absolute atomic E-state index is 0.0189. The summed E-state index contributed by atoms with van der Waals surface area (Å²) in [7, 11) is 0. The summed E-state index contributed by atoms with van der Waals surface area (Å²) in [6, 6.07) is -0.548. The standard InChI is InChI=1S/C9H16N2O3/c1-5(10)8(12)11-7-3-2-6(4-7)9(13)14/h5-7H,2-4,10H2,1H3,(H,11,12)(H,13,14)/t5-,6-,7+/m0/s1. The molecule has 1 aliphatic carbocycles. The molecule has 1 rings (SSSR count). The molecule has 0 spiro atoms. The fourth-order valence-electron chi connectivity index (χ4n) is 1.67. The second-order valence-electron chi connectivity index (χ2n) is 3.84. The molecule has 0 unspecified atom stereocenters. The highest BCUT2D eigenvalue weighted by Crippen LogP contribution is 2.25. The molecule has 0 radical (unpaired) electrons. The van der Waals surface area contributed by atoms with Gasteiger partial charge in [0, 0.05) is 6.04 Å². The SMILES string of the molecule is C[C@H](N)C(=O)N[C@@H]1CC[C@H](C(=O)O)C1. The number of carboxylic acid groups (broad SMARTS) is 1. The van der Waals surface area contributed by atoms with Crippen molar-refractivity contribution in [2.45, 2.75) is 38.3 Å². The number of amides is 1. The number of nitrogens with one attached hydrogen (secondary N) is 1. The maximum absolute atomic E-state index is 11.2. The lowest BCUT2D eigenvalue weighted by Crippen LogP contribution is -2.43. The smallest absolute Gasteiger partial charge is 0.306 e. The van der Waals surface area contributed by atoms with E-state index in [-0.39, 0.29) is 17.9 Å². The van der Waals surface area contributed by atoms with Crippen LogP contribution < -0.4 is 11.1 Å². The molecule has 5 heteroatoms. The second kappa shape index (κ2) is 4.41. The third kappa shape index (κ3) is 2.70. The second-order valence-corrected chi connectivity index (χ2v) is 3.84. The van der Waals surface area contributed by atoms with Crippen LogP contribution in [0.2, 0.25) is 0 Å². The van der Waals surface area contributed by atoms with Gasteiger partial charge in [0.15, 0.2) is 0 Å². The van der Waals surface area contributed by atoms with Gasteiger partial charge in [0.25, 0.3) is 0 Å². The van der Waals surface area contributed by atoms with Crippen molar-refractivity contribution >= 4 is 11.9 Å². The van der Waals surface area contributed by atoms with Gasteiger partial charge in [-0.2, -0.15) is 0 Å². The molecule has 1 saturated carbocycles. The number of hydrogen-bond acceptors (Lipinski definition) is 3. The Morgan fingerprint density at radius 2 is 2.14 bits per heavy atom. The van der Waals surface area contributed by atoms with Gasteiger partial charge in [-0.1, -0.05) is 0 Å². The molecule has 1 amide bonds. The summed E-state index contributed by atoms with van der Waals surface area (Å²) in [5.74, 6) is -1.29. The topological polar surface area (TPSA) is 92.4 Å². The maximum Gasteiger partial charge on any atom is 0.306 e. The average molecular weight is 200 g/mol. The van der Waals surface area contributed by atoms with E-state index in [2.05, 4.69) is 5.32 Å². The minimum atomic E-state index is -0.775. The number of carboxylic acids is 1. The van der Waals surface area contributed by atoms with Crippen molar-refractivity contribution in [2.75, 3.05) is 0 Å². The van der Waals surface area contributed by atoms with E-state index in [9.17, 15) is 9.59 Å². The Kier molecular flexibility index (Phi) is 3.46. The molecule has 1 fully saturated rings. The summed E-state index contributed by atoms with van der Waals surface area (Å²) in [5.41, 5.74) is 5.38. The number of aliphatic carboxylic acids is 1. The van der Waals surface area contributed by atoms with Crippen LogP contribution in [0.25, 0.3) is 0 Å². The molecule has 4 N–H and O–H groups in total. The molecule has 0 aromatic rings. The number of nitrogens with two attached hydrogens (primary N) is 1. The van der Waals surface area contributed by atoms with Crippen molar-refractivity contribution in [2.24, 2.45) is 11.7 Å². The molecular weight excluding hydrogens is 184 g/mol. The van der Waals surface area contributed by atoms with Crippen LogP contribution in [0.4, 0.5) is 0 Å². The Labute approximate surface area is 82.7 Å². The van der Waals surface area contributed by atoms with Crippen LogP contribution >= 0.6 is 0 Å². The van der Waals surface area contributed by atoms with Crippen LogP contribution in [-0.4, -0.2) is 29.1 Å². The molecular formula is C9H16N2O3. The minimum Gasteiger partial charge on any atom is -0.481 e. The summed E-state index contributed by atoms with van der Waals surface area (Å²) in [4.78, 5) is 21.8. The first-order valence-corrected chi connectivity index (χ1v) is 4.79. The molecule has 0 heterocycles. The van der Waals surface area contributed by atoms with E-state index < -0.39 is 12.0 Å². The third-order valence-electron chi connectivity index (χ3n) is 2.54. The van der Waals surface area contributed by atoms with Gasteiger partial charge in [0.2, 0.25) is 5.91 Å². The summed E-state index contributed by atoms with van der Waals surface area (Å²) in [6.45, 7) is 1.61. The van der Waals surface area contributed by atoms with Crippen LogP contribution in [0.15, 0.2) is 0 Å². The van der Waals surface area contributed by atoms with Crippen LogP contribution in [0.3, 0.4) is 0 Å². The summed E-state index contributed by atoms with van der Waals surface area (Å²) in [6.07, 6.45) is 1.89. The molecule has 0 aromatic heterocycles. The predicted molar refractivity (Wildman–Crippen MR) is 50.6 cm³/mol. The molecule has 0 bridgehead atoms. The van der Waals surface area contributed by atoms with Gasteiger partial charge < -0.3 is 16.2 Å². The zero-order valence-electron chi connectivity index (χ0n) is 8.19. The molecule has 0 aliphatic heterocycles. The maximum atomic E-state index is 11.2. The van der Waals surface area contributed by atoms with Gasteiger partial charge in [-0.3, -0.25) is 9.59 Å². The Balaban J connectivity index is 2.36. The summed E-state index contributed by atoms with van der Waals surface area (Å²) < 4.78 is 0. The number of carbonyl (C=O) groups excluding carboxylic acids is 1. The lowest BCUT2D eigenvalue weighted by Gasteiger charge is -2.13. The molecule has 80 valence electrons. The van der Waals surface area contributed by atoms with Gasteiger partial charge in [-0.05, 0) is 26.2 Å². The lowest BCUT2D eigenvalue weighted by molar-refractivity contribution is -0.141. The number of hydrogen-bond donors (Lipinski definition) is 3. The monoisotopic (exact) mass is 200 g/mol. The quantitative estimate of drug-likeness (QED) is 0.583. The fraction of sp³-hybridized carbons (Fsp3) is 0.778. The molecule has 0 saturated heterocycles. The first kappa shape index (κ1) is 11.0. The van der Waals surface area contributed by atoms with Crippen molar-refractivity contribution in [1.29, 1.82) is 0 Å². The molecule has 14 heavy (non-hydrogen) atoms. The zero-order chi connectivity index (χ0) is 10.7. The van der Waals surface area contributed by atoms with E-state index in [4.69, 9.17) is 10.8 Å². The van der Waals surface area contributed by atoms with E-state index in [0.717, 1.165) is 6.42 Å². The van der Waals surface area contributed by atoms with Crippen molar-refractivity contribution in [1.82, 2.24) is 5.32 Å². The van der Waals surface area contributed by atoms with Gasteiger partial charge in [0.1, 0.15) is 0 Å². The Hall–Kier alpha value is -1.10. The average Bonchev–Trinajstić information content (AvgIpc) is 2.52. The predicted octanol–water partition coefficient (Wildman–Crippen LogP) is -0.297. The van der Waals surface area contributed by atoms with E-state index in [1.807, 2.05) is 0 Å². The fourth-order valence-corrected chi connectivity index (χ4v) is 1.67. The summed E-state index contributed by atoms with van der Waals surface area (Å²) in [5, 5.41) is 11.5. The first-order chi connectivity index (χ1) is 6.50. The van der Waals surface area contributed by atoms with Gasteiger partial charge in [0.05, 0.1) is 12.0 Å². The third-order valence-corrected chi connectivity index (χ3v) is 2.54.